The first-order chi connectivity index (χ1) is 17.2. The largest absolute Gasteiger partial charge is 0.481 e. The Morgan fingerprint density at radius 3 is 1.81 bits per heavy atom. The summed E-state index contributed by atoms with van der Waals surface area (Å²) in [5, 5.41) is 16.8. The average Bonchev–Trinajstić information content (AvgIpc) is 3.16. The van der Waals surface area contributed by atoms with E-state index in [1.165, 1.54) is 71.3 Å². The van der Waals surface area contributed by atoms with Crippen LogP contribution in [0.5, 0.6) is 0 Å². The van der Waals surface area contributed by atoms with Crippen LogP contribution in [0.25, 0.3) is 0 Å². The summed E-state index contributed by atoms with van der Waals surface area (Å²) in [7, 11) is 6.70. The lowest BCUT2D eigenvalue weighted by Crippen LogP contribution is -2.24. The van der Waals surface area contributed by atoms with E-state index in [2.05, 4.69) is 25.5 Å². The molecule has 1 heterocycles. The molecule has 11 nitrogen and oxygen atoms in total. The zero-order chi connectivity index (χ0) is 26.8. The average molecular weight is 507 g/mol. The maximum Gasteiger partial charge on any atom is 0.305 e. The molecule has 0 aromatic carbocycles. The van der Waals surface area contributed by atoms with Crippen molar-refractivity contribution in [2.24, 2.45) is 9.98 Å². The van der Waals surface area contributed by atoms with Crippen molar-refractivity contribution in [2.75, 3.05) is 13.7 Å². The molecule has 1 atom stereocenters. The van der Waals surface area contributed by atoms with Gasteiger partial charge in [0.2, 0.25) is 0 Å². The van der Waals surface area contributed by atoms with Gasteiger partial charge in [0, 0.05) is 20.0 Å². The summed E-state index contributed by atoms with van der Waals surface area (Å²) in [6, 6.07) is 3.21. The second kappa shape index (κ2) is 18.7. The Labute approximate surface area is 213 Å². The Hall–Kier alpha value is -2.56. The van der Waals surface area contributed by atoms with Crippen molar-refractivity contribution in [3.8, 4) is 0 Å². The number of esters is 1. The first-order valence-electron chi connectivity index (χ1n) is 12.6. The molecule has 1 saturated heterocycles. The molecule has 12 heteroatoms. The van der Waals surface area contributed by atoms with Gasteiger partial charge in [0.25, 0.3) is 11.8 Å². The predicted octanol–water partition coefficient (Wildman–Crippen LogP) is 2.89. The van der Waals surface area contributed by atoms with Gasteiger partial charge < -0.3 is 14.6 Å². The zero-order valence-electron chi connectivity index (χ0n) is 21.1. The van der Waals surface area contributed by atoms with E-state index in [0.29, 0.717) is 12.1 Å². The van der Waals surface area contributed by atoms with E-state index in [4.69, 9.17) is 18.2 Å². The van der Waals surface area contributed by atoms with Gasteiger partial charge in [-0.05, 0) is 25.7 Å². The fraction of sp³-hybridized carbons (Fsp3) is 0.792. The maximum atomic E-state index is 10.8. The number of rotatable bonds is 8. The highest BCUT2D eigenvalue weighted by atomic mass is 16.6. The number of hydrogen-bond donors (Lipinski definition) is 2. The summed E-state index contributed by atoms with van der Waals surface area (Å²) in [5.74, 6) is -2.69. The van der Waals surface area contributed by atoms with E-state index in [1.807, 2.05) is 0 Å². The van der Waals surface area contributed by atoms with Crippen molar-refractivity contribution in [3.05, 3.63) is 0 Å². The van der Waals surface area contributed by atoms with Crippen LogP contribution in [0.3, 0.4) is 0 Å². The van der Waals surface area contributed by atoms with Crippen LogP contribution >= 0.6 is 0 Å². The van der Waals surface area contributed by atoms with Gasteiger partial charge in [-0.2, -0.15) is 5.06 Å². The fourth-order valence-corrected chi connectivity index (χ4v) is 3.82. The summed E-state index contributed by atoms with van der Waals surface area (Å²) in [5.41, 5.74) is 0. The van der Waals surface area contributed by atoms with Crippen LogP contribution in [0.4, 0.5) is 0 Å². The Morgan fingerprint density at radius 1 is 0.972 bits per heavy atom. The van der Waals surface area contributed by atoms with E-state index in [-0.39, 0.29) is 37.4 Å². The number of aliphatic carboxylic acids is 1. The fourth-order valence-electron chi connectivity index (χ4n) is 3.82. The quantitative estimate of drug-likeness (QED) is 0.167. The lowest BCUT2D eigenvalue weighted by molar-refractivity contribution is -0.171. The van der Waals surface area contributed by atoms with Crippen LogP contribution < -0.4 is 0 Å². The van der Waals surface area contributed by atoms with Gasteiger partial charge in [0.05, 0.1) is 43.5 Å². The number of hydrogen-bond acceptors (Lipinski definition) is 9. The molecule has 0 aromatic heterocycles. The molecule has 3 aliphatic rings. The van der Waals surface area contributed by atoms with Crippen molar-refractivity contribution in [1.29, 1.82) is 0 Å². The number of ether oxygens (including phenoxy) is 2. The second-order valence-electron chi connectivity index (χ2n) is 8.92. The first-order valence-corrected chi connectivity index (χ1v) is 12.6. The molecule has 2 N–H and O–H groups in total. The molecule has 200 valence electrons. The number of imide groups is 1. The molecule has 2 amide bonds. The van der Waals surface area contributed by atoms with Gasteiger partial charge in [-0.1, -0.05) is 38.5 Å². The number of aliphatic imine (C=N–C) groups is 2. The van der Waals surface area contributed by atoms with Gasteiger partial charge in [-0.25, -0.2) is 9.98 Å². The lowest BCUT2D eigenvalue weighted by Gasteiger charge is -2.17. The topological polar surface area (TPSA) is 155 Å². The Kier molecular flexibility index (Phi) is 16.3. The molecule has 2 aliphatic carbocycles. The highest BCUT2D eigenvalue weighted by Crippen LogP contribution is 2.21. The molecular formula is C24H38BN3O8. The number of amides is 2. The number of nitrogens with zero attached hydrogens (tertiary/aromatic N) is 3. The molecule has 1 unspecified atom stereocenters. The standard InChI is InChI=1S/C13H22N2.C7H11BO5.C4H5NO3/c1-3-7-12(8-4-1)14-11-15-13-9-5-2-6-10-13;1-12-4-5(8)13-7(11)3-2-6(9)10;6-3-1-2-4(7)5(3)8/h12-13H,1-10H2;5H,2-4H2,1H3,(H,9,10);8H,1-2H2. The van der Waals surface area contributed by atoms with Crippen LogP contribution in [0.15, 0.2) is 9.98 Å². The van der Waals surface area contributed by atoms with Crippen molar-refractivity contribution >= 4 is 37.6 Å². The molecule has 2 radical (unpaired) electrons. The lowest BCUT2D eigenvalue weighted by atomic mass is 9.96. The van der Waals surface area contributed by atoms with Gasteiger partial charge in [0.15, 0.2) is 0 Å². The Balaban J connectivity index is 0.000000282. The van der Waals surface area contributed by atoms with Crippen molar-refractivity contribution in [1.82, 2.24) is 5.06 Å². The normalized spacial score (nSPS) is 19.1. The smallest absolute Gasteiger partial charge is 0.305 e. The monoisotopic (exact) mass is 507 g/mol. The number of carboxylic acids is 1. The van der Waals surface area contributed by atoms with Gasteiger partial charge in [-0.3, -0.25) is 24.4 Å². The number of methoxy groups -OCH3 is 1. The molecule has 36 heavy (non-hydrogen) atoms. The summed E-state index contributed by atoms with van der Waals surface area (Å²) in [6.07, 6.45) is 13.1. The molecule has 0 bridgehead atoms. The summed E-state index contributed by atoms with van der Waals surface area (Å²) in [6.45, 7) is 0.0960. The highest BCUT2D eigenvalue weighted by molar-refractivity contribution is 6.11. The predicted molar refractivity (Wildman–Crippen MR) is 131 cm³/mol. The van der Waals surface area contributed by atoms with E-state index in [9.17, 15) is 19.2 Å². The summed E-state index contributed by atoms with van der Waals surface area (Å²) in [4.78, 5) is 50.3. The molecular weight excluding hydrogens is 469 g/mol. The van der Waals surface area contributed by atoms with Gasteiger partial charge in [-0.15, -0.1) is 0 Å². The summed E-state index contributed by atoms with van der Waals surface area (Å²) >= 11 is 0. The molecule has 1 aliphatic heterocycles. The van der Waals surface area contributed by atoms with Crippen molar-refractivity contribution < 1.29 is 39.0 Å². The molecule has 0 aromatic rings. The van der Waals surface area contributed by atoms with Crippen molar-refractivity contribution in [2.45, 2.75) is 108 Å². The number of hydroxylamine groups is 2. The number of carbonyl (C=O) groups is 4. The molecule has 0 spiro atoms. The Morgan fingerprint density at radius 2 is 1.44 bits per heavy atom. The van der Waals surface area contributed by atoms with E-state index < -0.39 is 29.8 Å². The first kappa shape index (κ1) is 31.5. The van der Waals surface area contributed by atoms with Crippen LogP contribution in [-0.4, -0.2) is 84.8 Å². The third-order valence-corrected chi connectivity index (χ3v) is 5.81. The van der Waals surface area contributed by atoms with Crippen LogP contribution in [-0.2, 0) is 28.7 Å². The van der Waals surface area contributed by atoms with Crippen molar-refractivity contribution in [3.63, 3.8) is 0 Å². The van der Waals surface area contributed by atoms with Crippen LogP contribution in [0.1, 0.15) is 89.9 Å². The van der Waals surface area contributed by atoms with E-state index in [0.717, 1.165) is 0 Å². The Bertz CT molecular complexity index is 722. The number of carbonyl (C=O) groups excluding carboxylic acids is 3. The minimum absolute atomic E-state index is 0.0960. The third-order valence-electron chi connectivity index (χ3n) is 5.81. The molecule has 3 fully saturated rings. The highest BCUT2D eigenvalue weighted by Gasteiger charge is 2.26. The van der Waals surface area contributed by atoms with Crippen LogP contribution in [0, 0.1) is 0 Å². The zero-order valence-corrected chi connectivity index (χ0v) is 21.1. The maximum absolute atomic E-state index is 10.8. The second-order valence-corrected chi connectivity index (χ2v) is 8.92. The third kappa shape index (κ3) is 14.8. The van der Waals surface area contributed by atoms with Gasteiger partial charge in [0.1, 0.15) is 7.85 Å². The van der Waals surface area contributed by atoms with Gasteiger partial charge >= 0.3 is 11.9 Å². The minimum atomic E-state index is -1.04. The molecule has 3 rings (SSSR count). The van der Waals surface area contributed by atoms with Crippen LogP contribution in [0.2, 0.25) is 0 Å². The van der Waals surface area contributed by atoms with E-state index in [1.54, 1.807) is 0 Å². The number of carboxylic acid groups (broad SMARTS) is 1. The summed E-state index contributed by atoms with van der Waals surface area (Å²) < 4.78 is 9.20. The van der Waals surface area contributed by atoms with E-state index >= 15 is 0 Å². The SMILES string of the molecule is C(=NC1CCCCC1)=NC1CCCCC1.O=C1CCC(=O)N1O.[B]C(COC)OC(=O)CCC(=O)O. The molecule has 2 saturated carbocycles. The minimum Gasteiger partial charge on any atom is -0.481 e.